The van der Waals surface area contributed by atoms with Crippen molar-refractivity contribution in [2.45, 2.75) is 39.0 Å². The van der Waals surface area contributed by atoms with Crippen LogP contribution in [0.4, 0.5) is 13.2 Å². The van der Waals surface area contributed by atoms with Gasteiger partial charge in [-0.1, -0.05) is 6.92 Å². The van der Waals surface area contributed by atoms with Crippen LogP contribution in [0.5, 0.6) is 0 Å². The van der Waals surface area contributed by atoms with Gasteiger partial charge in [0.2, 0.25) is 0 Å². The smallest absolute Gasteiger partial charge is 0.337 e. The molecule has 0 bridgehead atoms. The zero-order valence-electron chi connectivity index (χ0n) is 14.1. The Balaban J connectivity index is 2.34. The first kappa shape index (κ1) is 17.8. The molecule has 0 N–H and O–H groups in total. The molecule has 0 spiro atoms. The van der Waals surface area contributed by atoms with Crippen LogP contribution in [-0.4, -0.2) is 58.7 Å². The summed E-state index contributed by atoms with van der Waals surface area (Å²) >= 11 is 0. The molecule has 1 aromatic rings. The lowest BCUT2D eigenvalue weighted by Gasteiger charge is -2.22. The number of likely N-dealkylation sites (tertiary alicyclic amines) is 1. The zero-order chi connectivity index (χ0) is 17.5. The number of amides is 1. The molecule has 23 heavy (non-hydrogen) atoms. The Labute approximate surface area is 134 Å². The van der Waals surface area contributed by atoms with Gasteiger partial charge >= 0.3 is 6.18 Å². The standard InChI is InChI=1S/C15H23F3N4O/c1-9(2)22-13(15(16,17)18)11(6-19-22)14(23)21-7-10(3)12(8-21)20(4)5/h6,9-10,12H,7-8H2,1-5H3. The fraction of sp³-hybridized carbons (Fsp3) is 0.733. The molecular weight excluding hydrogens is 309 g/mol. The van der Waals surface area contributed by atoms with Gasteiger partial charge in [-0.05, 0) is 33.9 Å². The third-order valence-electron chi connectivity index (χ3n) is 4.31. The largest absolute Gasteiger partial charge is 0.433 e. The molecule has 1 fully saturated rings. The SMILES string of the molecule is CC1CN(C(=O)c2cnn(C(C)C)c2C(F)(F)F)CC1N(C)C. The Morgan fingerprint density at radius 1 is 1.35 bits per heavy atom. The predicted octanol–water partition coefficient (Wildman–Crippen LogP) is 2.50. The molecule has 1 saturated heterocycles. The predicted molar refractivity (Wildman–Crippen MR) is 80.2 cm³/mol. The average molecular weight is 332 g/mol. The summed E-state index contributed by atoms with van der Waals surface area (Å²) in [5, 5.41) is 3.79. The summed E-state index contributed by atoms with van der Waals surface area (Å²) in [6, 6.07) is -0.325. The molecule has 1 aliphatic rings. The van der Waals surface area contributed by atoms with E-state index in [1.807, 2.05) is 25.9 Å². The van der Waals surface area contributed by atoms with Crippen molar-refractivity contribution in [3.8, 4) is 0 Å². The first-order valence-electron chi connectivity index (χ1n) is 7.64. The molecule has 0 saturated carbocycles. The van der Waals surface area contributed by atoms with Gasteiger partial charge in [0.05, 0.1) is 11.8 Å². The summed E-state index contributed by atoms with van der Waals surface area (Å²) in [6.07, 6.45) is -3.57. The van der Waals surface area contributed by atoms with Crippen LogP contribution in [0.2, 0.25) is 0 Å². The van der Waals surface area contributed by atoms with E-state index in [1.165, 1.54) is 4.90 Å². The number of nitrogens with zero attached hydrogens (tertiary/aromatic N) is 4. The minimum Gasteiger partial charge on any atom is -0.337 e. The van der Waals surface area contributed by atoms with Crippen molar-refractivity contribution in [1.29, 1.82) is 0 Å². The maximum Gasteiger partial charge on any atom is 0.433 e. The Bertz CT molecular complexity index is 580. The van der Waals surface area contributed by atoms with Gasteiger partial charge in [0.15, 0.2) is 5.69 Å². The van der Waals surface area contributed by atoms with Crippen molar-refractivity contribution >= 4 is 5.91 Å². The van der Waals surface area contributed by atoms with E-state index < -0.39 is 23.8 Å². The van der Waals surface area contributed by atoms with Crippen LogP contribution in [0.3, 0.4) is 0 Å². The third-order valence-corrected chi connectivity index (χ3v) is 4.31. The van der Waals surface area contributed by atoms with E-state index in [0.717, 1.165) is 10.9 Å². The third kappa shape index (κ3) is 3.36. The summed E-state index contributed by atoms with van der Waals surface area (Å²) in [5.74, 6) is -0.385. The van der Waals surface area contributed by atoms with E-state index in [4.69, 9.17) is 0 Å². The zero-order valence-corrected chi connectivity index (χ0v) is 14.1. The highest BCUT2D eigenvalue weighted by Gasteiger charge is 2.43. The van der Waals surface area contributed by atoms with Crippen molar-refractivity contribution in [2.75, 3.05) is 27.2 Å². The van der Waals surface area contributed by atoms with E-state index in [2.05, 4.69) is 5.10 Å². The summed E-state index contributed by atoms with van der Waals surface area (Å²) in [4.78, 5) is 16.1. The number of aromatic nitrogens is 2. The molecule has 5 nitrogen and oxygen atoms in total. The first-order valence-corrected chi connectivity index (χ1v) is 7.64. The van der Waals surface area contributed by atoms with Gasteiger partial charge in [0.25, 0.3) is 5.91 Å². The molecule has 1 aliphatic heterocycles. The number of rotatable bonds is 3. The van der Waals surface area contributed by atoms with Crippen molar-refractivity contribution in [2.24, 2.45) is 5.92 Å². The van der Waals surface area contributed by atoms with E-state index >= 15 is 0 Å². The van der Waals surface area contributed by atoms with E-state index in [0.29, 0.717) is 13.1 Å². The van der Waals surface area contributed by atoms with Crippen LogP contribution >= 0.6 is 0 Å². The van der Waals surface area contributed by atoms with Crippen molar-refractivity contribution in [3.05, 3.63) is 17.5 Å². The van der Waals surface area contributed by atoms with Gasteiger partial charge in [-0.25, -0.2) is 0 Å². The highest BCUT2D eigenvalue weighted by Crippen LogP contribution is 2.34. The van der Waals surface area contributed by atoms with Gasteiger partial charge in [-0.2, -0.15) is 18.3 Å². The minimum absolute atomic E-state index is 0.147. The van der Waals surface area contributed by atoms with Crippen molar-refractivity contribution < 1.29 is 18.0 Å². The number of likely N-dealkylation sites (N-methyl/N-ethyl adjacent to an activating group) is 1. The Morgan fingerprint density at radius 2 is 1.96 bits per heavy atom. The van der Waals surface area contributed by atoms with Crippen molar-refractivity contribution in [1.82, 2.24) is 19.6 Å². The highest BCUT2D eigenvalue weighted by molar-refractivity contribution is 5.95. The number of halogens is 3. The lowest BCUT2D eigenvalue weighted by Crippen LogP contribution is -2.36. The van der Waals surface area contributed by atoms with E-state index in [1.54, 1.807) is 13.8 Å². The molecule has 0 aromatic carbocycles. The molecule has 130 valence electrons. The molecule has 1 aromatic heterocycles. The molecule has 2 heterocycles. The minimum atomic E-state index is -4.61. The molecule has 2 atom stereocenters. The number of hydrogen-bond donors (Lipinski definition) is 0. The number of carbonyl (C=O) groups is 1. The van der Waals surface area contributed by atoms with Gasteiger partial charge in [0, 0.05) is 25.2 Å². The second-order valence-corrected chi connectivity index (χ2v) is 6.66. The number of alkyl halides is 3. The molecule has 1 amide bonds. The number of carbonyl (C=O) groups excluding carboxylic acids is 1. The van der Waals surface area contributed by atoms with Gasteiger partial charge in [-0.3, -0.25) is 9.48 Å². The lowest BCUT2D eigenvalue weighted by atomic mass is 10.1. The fourth-order valence-electron chi connectivity index (χ4n) is 3.15. The van der Waals surface area contributed by atoms with Crippen LogP contribution in [-0.2, 0) is 6.18 Å². The fourth-order valence-corrected chi connectivity index (χ4v) is 3.15. The summed E-state index contributed by atoms with van der Waals surface area (Å²) in [5.41, 5.74) is -1.32. The van der Waals surface area contributed by atoms with E-state index in [-0.39, 0.29) is 17.5 Å². The summed E-state index contributed by atoms with van der Waals surface area (Å²) in [7, 11) is 3.82. The Morgan fingerprint density at radius 3 is 2.39 bits per heavy atom. The van der Waals surface area contributed by atoms with Crippen molar-refractivity contribution in [3.63, 3.8) is 0 Å². The van der Waals surface area contributed by atoms with Crippen LogP contribution in [0.1, 0.15) is 42.9 Å². The highest BCUT2D eigenvalue weighted by atomic mass is 19.4. The topological polar surface area (TPSA) is 41.4 Å². The molecule has 0 aliphatic carbocycles. The molecular formula is C15H23F3N4O. The average Bonchev–Trinajstić information content (AvgIpc) is 3.00. The van der Waals surface area contributed by atoms with Gasteiger partial charge in [-0.15, -0.1) is 0 Å². The normalized spacial score (nSPS) is 22.4. The van der Waals surface area contributed by atoms with Crippen LogP contribution in [0, 0.1) is 5.92 Å². The summed E-state index contributed by atoms with van der Waals surface area (Å²) in [6.45, 7) is 6.09. The van der Waals surface area contributed by atoms with Crippen LogP contribution in [0.25, 0.3) is 0 Å². The van der Waals surface area contributed by atoms with Crippen LogP contribution < -0.4 is 0 Å². The van der Waals surface area contributed by atoms with Crippen LogP contribution in [0.15, 0.2) is 6.20 Å². The molecule has 8 heteroatoms. The molecule has 2 rings (SSSR count). The molecule has 2 unspecified atom stereocenters. The van der Waals surface area contributed by atoms with Gasteiger partial charge < -0.3 is 9.80 Å². The monoisotopic (exact) mass is 332 g/mol. The first-order chi connectivity index (χ1) is 10.5. The Hall–Kier alpha value is -1.57. The lowest BCUT2D eigenvalue weighted by molar-refractivity contribution is -0.145. The van der Waals surface area contributed by atoms with E-state index in [9.17, 15) is 18.0 Å². The second kappa shape index (κ2) is 6.14. The second-order valence-electron chi connectivity index (χ2n) is 6.66. The maximum atomic E-state index is 13.4. The maximum absolute atomic E-state index is 13.4. The quantitative estimate of drug-likeness (QED) is 0.854. The number of hydrogen-bond acceptors (Lipinski definition) is 3. The molecule has 0 radical (unpaired) electrons. The summed E-state index contributed by atoms with van der Waals surface area (Å²) < 4.78 is 41.0. The van der Waals surface area contributed by atoms with Gasteiger partial charge in [0.1, 0.15) is 0 Å². The Kier molecular flexibility index (Phi) is 4.75.